The molecule has 0 aromatic carbocycles. The van der Waals surface area contributed by atoms with E-state index >= 15 is 0 Å². The van der Waals surface area contributed by atoms with Crippen LogP contribution in [0.1, 0.15) is 66.4 Å². The highest BCUT2D eigenvalue weighted by atomic mass is 16.5. The van der Waals surface area contributed by atoms with Crippen molar-refractivity contribution in [3.8, 4) is 0 Å². The molecule has 0 spiro atoms. The molecule has 0 atom stereocenters. The van der Waals surface area contributed by atoms with Crippen molar-refractivity contribution in [2.75, 3.05) is 6.61 Å². The van der Waals surface area contributed by atoms with Crippen molar-refractivity contribution < 1.29 is 14.1 Å². The number of hydrogen-bond acceptors (Lipinski definition) is 6. The van der Waals surface area contributed by atoms with Crippen LogP contribution in [0.4, 0.5) is 0 Å². The lowest BCUT2D eigenvalue weighted by Gasteiger charge is -2.10. The molecule has 22 heavy (non-hydrogen) atoms. The first-order valence-electron chi connectivity index (χ1n) is 7.71. The quantitative estimate of drug-likeness (QED) is 0.789. The highest BCUT2D eigenvalue weighted by Crippen LogP contribution is 2.34. The zero-order chi connectivity index (χ0) is 15.5. The summed E-state index contributed by atoms with van der Waals surface area (Å²) in [5.41, 5.74) is 1.40. The Hall–Kier alpha value is -2.18. The zero-order valence-electron chi connectivity index (χ0n) is 12.9. The number of rotatable bonds is 5. The van der Waals surface area contributed by atoms with E-state index in [9.17, 15) is 4.79 Å². The number of nitrogens with zero attached hydrogens (tertiary/aromatic N) is 4. The van der Waals surface area contributed by atoms with Crippen LogP contribution >= 0.6 is 0 Å². The van der Waals surface area contributed by atoms with Crippen molar-refractivity contribution in [3.05, 3.63) is 29.2 Å². The predicted molar refractivity (Wildman–Crippen MR) is 77.5 cm³/mol. The third kappa shape index (κ3) is 3.03. The molecule has 7 heteroatoms. The molecule has 0 aliphatic heterocycles. The molecule has 0 radical (unpaired) electrons. The summed E-state index contributed by atoms with van der Waals surface area (Å²) in [5.74, 6) is 1.13. The van der Waals surface area contributed by atoms with Gasteiger partial charge in [0.1, 0.15) is 6.54 Å². The summed E-state index contributed by atoms with van der Waals surface area (Å²) in [6.07, 6.45) is 4.67. The van der Waals surface area contributed by atoms with Crippen LogP contribution in [0.25, 0.3) is 0 Å². The average molecular weight is 304 g/mol. The second kappa shape index (κ2) is 6.29. The Morgan fingerprint density at radius 1 is 1.45 bits per heavy atom. The second-order valence-corrected chi connectivity index (χ2v) is 5.55. The Kier molecular flexibility index (Phi) is 4.22. The van der Waals surface area contributed by atoms with Crippen molar-refractivity contribution in [2.45, 2.75) is 52.0 Å². The van der Waals surface area contributed by atoms with Crippen LogP contribution in [0, 0.1) is 6.92 Å². The van der Waals surface area contributed by atoms with E-state index in [1.54, 1.807) is 18.5 Å². The third-order valence-electron chi connectivity index (χ3n) is 3.92. The predicted octanol–water partition coefficient (Wildman–Crippen LogP) is 2.46. The lowest BCUT2D eigenvalue weighted by molar-refractivity contribution is 0.0518. The van der Waals surface area contributed by atoms with Gasteiger partial charge in [-0.15, -0.1) is 0 Å². The number of carbonyl (C=O) groups is 1. The first-order chi connectivity index (χ1) is 10.7. The molecule has 1 saturated carbocycles. The minimum atomic E-state index is -0.387. The van der Waals surface area contributed by atoms with Gasteiger partial charge < -0.3 is 9.26 Å². The first kappa shape index (κ1) is 14.7. The van der Waals surface area contributed by atoms with Crippen LogP contribution in [-0.4, -0.2) is 32.5 Å². The molecular weight excluding hydrogens is 284 g/mol. The van der Waals surface area contributed by atoms with Crippen LogP contribution in [-0.2, 0) is 11.3 Å². The number of aromatic nitrogens is 4. The summed E-state index contributed by atoms with van der Waals surface area (Å²) >= 11 is 0. The Morgan fingerprint density at radius 2 is 2.23 bits per heavy atom. The van der Waals surface area contributed by atoms with Crippen LogP contribution < -0.4 is 0 Å². The van der Waals surface area contributed by atoms with Crippen molar-refractivity contribution >= 4 is 5.97 Å². The Bertz CT molecular complexity index is 656. The molecule has 2 aromatic rings. The van der Waals surface area contributed by atoms with E-state index in [0.29, 0.717) is 36.5 Å². The lowest BCUT2D eigenvalue weighted by Crippen LogP contribution is -2.10. The number of aryl methyl sites for hydroxylation is 1. The zero-order valence-corrected chi connectivity index (χ0v) is 12.9. The number of ether oxygens (including phenoxy) is 1. The molecular formula is C15H20N4O3. The summed E-state index contributed by atoms with van der Waals surface area (Å²) < 4.78 is 12.0. The molecule has 0 bridgehead atoms. The average Bonchev–Trinajstić information content (AvgIpc) is 3.20. The molecule has 118 valence electrons. The fourth-order valence-corrected chi connectivity index (χ4v) is 2.95. The smallest absolute Gasteiger partial charge is 0.358 e. The van der Waals surface area contributed by atoms with Crippen LogP contribution in [0.15, 0.2) is 10.6 Å². The van der Waals surface area contributed by atoms with E-state index in [1.165, 1.54) is 12.8 Å². The van der Waals surface area contributed by atoms with E-state index in [-0.39, 0.29) is 5.97 Å². The van der Waals surface area contributed by atoms with Gasteiger partial charge in [-0.2, -0.15) is 10.1 Å². The van der Waals surface area contributed by atoms with Crippen LogP contribution in [0.5, 0.6) is 0 Å². The van der Waals surface area contributed by atoms with Crippen LogP contribution in [0.3, 0.4) is 0 Å². The van der Waals surface area contributed by atoms with Crippen molar-refractivity contribution in [1.82, 2.24) is 19.9 Å². The maximum Gasteiger partial charge on any atom is 0.358 e. The van der Waals surface area contributed by atoms with Crippen molar-refractivity contribution in [3.63, 3.8) is 0 Å². The highest BCUT2D eigenvalue weighted by Gasteiger charge is 2.25. The van der Waals surface area contributed by atoms with Crippen molar-refractivity contribution in [2.24, 2.45) is 0 Å². The number of carbonyl (C=O) groups excluding carboxylic acids is 1. The molecule has 0 saturated heterocycles. The minimum Gasteiger partial charge on any atom is -0.461 e. The Labute approximate surface area is 128 Å². The van der Waals surface area contributed by atoms with Gasteiger partial charge in [0.15, 0.2) is 11.5 Å². The van der Waals surface area contributed by atoms with Gasteiger partial charge in [0.05, 0.1) is 6.61 Å². The van der Waals surface area contributed by atoms with Gasteiger partial charge in [-0.25, -0.2) is 4.79 Å². The van der Waals surface area contributed by atoms with Crippen LogP contribution in [0.2, 0.25) is 0 Å². The number of esters is 1. The fourth-order valence-electron chi connectivity index (χ4n) is 2.95. The van der Waals surface area contributed by atoms with E-state index in [2.05, 4.69) is 15.2 Å². The van der Waals surface area contributed by atoms with E-state index in [1.807, 2.05) is 6.07 Å². The summed E-state index contributed by atoms with van der Waals surface area (Å²) in [7, 11) is 0. The van der Waals surface area contributed by atoms with E-state index < -0.39 is 0 Å². The molecule has 3 rings (SSSR count). The molecule has 0 amide bonds. The Balaban J connectivity index is 1.89. The molecule has 0 N–H and O–H groups in total. The molecule has 2 heterocycles. The van der Waals surface area contributed by atoms with E-state index in [0.717, 1.165) is 18.5 Å². The first-order valence-corrected chi connectivity index (χ1v) is 7.71. The monoisotopic (exact) mass is 304 g/mol. The molecule has 1 aliphatic carbocycles. The van der Waals surface area contributed by atoms with Crippen molar-refractivity contribution in [1.29, 1.82) is 0 Å². The van der Waals surface area contributed by atoms with Gasteiger partial charge in [0.25, 0.3) is 0 Å². The topological polar surface area (TPSA) is 83.0 Å². The summed E-state index contributed by atoms with van der Waals surface area (Å²) in [4.78, 5) is 16.1. The maximum atomic E-state index is 11.9. The van der Waals surface area contributed by atoms with E-state index in [4.69, 9.17) is 9.26 Å². The minimum absolute atomic E-state index is 0.341. The molecule has 1 fully saturated rings. The van der Waals surface area contributed by atoms with Gasteiger partial charge in [0, 0.05) is 11.6 Å². The SMILES string of the molecule is CCOC(=O)c1cc(C2CCCC2)n(Cc2nc(C)no2)n1. The normalized spacial score (nSPS) is 15.4. The van der Waals surface area contributed by atoms with Gasteiger partial charge in [-0.3, -0.25) is 4.68 Å². The van der Waals surface area contributed by atoms with Gasteiger partial charge in [-0.05, 0) is 32.8 Å². The highest BCUT2D eigenvalue weighted by molar-refractivity contribution is 5.87. The van der Waals surface area contributed by atoms with Gasteiger partial charge in [0.2, 0.25) is 5.89 Å². The summed E-state index contributed by atoms with van der Waals surface area (Å²) in [6.45, 7) is 4.28. The summed E-state index contributed by atoms with van der Waals surface area (Å²) in [5, 5.41) is 8.18. The molecule has 1 aliphatic rings. The van der Waals surface area contributed by atoms with Gasteiger partial charge in [-0.1, -0.05) is 18.0 Å². The lowest BCUT2D eigenvalue weighted by atomic mass is 10.0. The fraction of sp³-hybridized carbons (Fsp3) is 0.600. The second-order valence-electron chi connectivity index (χ2n) is 5.55. The molecule has 7 nitrogen and oxygen atoms in total. The molecule has 0 unspecified atom stereocenters. The molecule has 2 aromatic heterocycles. The summed E-state index contributed by atoms with van der Waals surface area (Å²) in [6, 6.07) is 1.84. The standard InChI is InChI=1S/C15H20N4O3/c1-3-21-15(20)12-8-13(11-6-4-5-7-11)19(17-12)9-14-16-10(2)18-22-14/h8,11H,3-7,9H2,1-2H3. The third-order valence-corrected chi connectivity index (χ3v) is 3.92. The Morgan fingerprint density at radius 3 is 2.86 bits per heavy atom. The number of hydrogen-bond donors (Lipinski definition) is 0. The van der Waals surface area contributed by atoms with Gasteiger partial charge >= 0.3 is 5.97 Å². The largest absolute Gasteiger partial charge is 0.461 e. The maximum absolute atomic E-state index is 11.9.